The topological polar surface area (TPSA) is 120 Å². The molecule has 0 amide bonds. The molecule has 0 heterocycles. The van der Waals surface area contributed by atoms with E-state index in [1.807, 2.05) is 0 Å². The van der Waals surface area contributed by atoms with Crippen LogP contribution in [0.4, 0.5) is 39.5 Å². The Bertz CT molecular complexity index is 1290. The van der Waals surface area contributed by atoms with Crippen molar-refractivity contribution in [1.29, 1.82) is 0 Å². The van der Waals surface area contributed by atoms with Gasteiger partial charge in [-0.1, -0.05) is 0 Å². The van der Waals surface area contributed by atoms with Crippen LogP contribution in [-0.2, 0) is 15.8 Å². The summed E-state index contributed by atoms with van der Waals surface area (Å²) in [6.07, 6.45) is -15.8. The van der Waals surface area contributed by atoms with Gasteiger partial charge < -0.3 is 0 Å². The first-order valence-corrected chi connectivity index (χ1v) is 9.82. The summed E-state index contributed by atoms with van der Waals surface area (Å²) in [7, 11) is 0. The predicted molar refractivity (Wildman–Crippen MR) is 107 cm³/mol. The van der Waals surface area contributed by atoms with Gasteiger partial charge in [0.25, 0.3) is 11.4 Å². The van der Waals surface area contributed by atoms with Crippen molar-refractivity contribution in [3.05, 3.63) is 90.8 Å². The van der Waals surface area contributed by atoms with Gasteiger partial charge in [0.1, 0.15) is 11.8 Å². The standard InChI is InChI=1S/C21H9F9N2O6/c22-19(23,24)10-2-8(13-4-11(31(35)36)6-15(17(13)33)20(25,26)27)1-9(3-10)14-5-12(32(37)38)7-16(18(14)34)21(28,29)30/h1-7,15-16H. The molecule has 2 aliphatic rings. The van der Waals surface area contributed by atoms with Crippen LogP contribution >= 0.6 is 0 Å². The molecule has 202 valence electrons. The Labute approximate surface area is 203 Å². The third-order valence-electron chi connectivity index (χ3n) is 5.36. The quantitative estimate of drug-likeness (QED) is 0.282. The van der Waals surface area contributed by atoms with Gasteiger partial charge >= 0.3 is 18.5 Å². The van der Waals surface area contributed by atoms with E-state index in [4.69, 9.17) is 0 Å². The Hall–Kier alpha value is -4.31. The van der Waals surface area contributed by atoms with Crippen molar-refractivity contribution < 1.29 is 58.9 Å². The van der Waals surface area contributed by atoms with Crippen LogP contribution in [0.5, 0.6) is 0 Å². The molecule has 1 aromatic rings. The van der Waals surface area contributed by atoms with Crippen molar-refractivity contribution in [1.82, 2.24) is 0 Å². The lowest BCUT2D eigenvalue weighted by Gasteiger charge is -2.23. The normalized spacial score (nSPS) is 20.9. The second-order valence-corrected chi connectivity index (χ2v) is 7.88. The fourth-order valence-electron chi connectivity index (χ4n) is 3.63. The summed E-state index contributed by atoms with van der Waals surface area (Å²) < 4.78 is 121. The first-order chi connectivity index (χ1) is 17.2. The van der Waals surface area contributed by atoms with Crippen molar-refractivity contribution in [2.75, 3.05) is 0 Å². The maximum absolute atomic E-state index is 13.6. The van der Waals surface area contributed by atoms with Crippen molar-refractivity contribution in [2.45, 2.75) is 18.5 Å². The molecule has 2 atom stereocenters. The van der Waals surface area contributed by atoms with Crippen LogP contribution in [0.3, 0.4) is 0 Å². The SMILES string of the molecule is O=C1C(c2cc(C3=CC([N+](=O)[O-])=CC(C(F)(F)F)C3=O)cc(C(F)(F)F)c2)=CC([N+](=O)[O-])=CC1C(F)(F)F. The number of Topliss-reactive ketones (excluding diaryl/α,β-unsaturated/α-hetero) is 2. The van der Waals surface area contributed by atoms with Gasteiger partial charge in [0.2, 0.25) is 0 Å². The van der Waals surface area contributed by atoms with Crippen LogP contribution in [0, 0.1) is 32.1 Å². The largest absolute Gasteiger partial charge is 0.416 e. The number of ketones is 2. The number of halogens is 9. The van der Waals surface area contributed by atoms with Crippen LogP contribution in [0.1, 0.15) is 16.7 Å². The molecule has 1 aromatic carbocycles. The van der Waals surface area contributed by atoms with E-state index in [9.17, 15) is 69.3 Å². The number of rotatable bonds is 4. The molecule has 0 bridgehead atoms. The van der Waals surface area contributed by atoms with Gasteiger partial charge in [0, 0.05) is 35.5 Å². The summed E-state index contributed by atoms with van der Waals surface area (Å²) in [6, 6.07) is 0.612. The fraction of sp³-hybridized carbons (Fsp3) is 0.238. The molecule has 38 heavy (non-hydrogen) atoms. The smallest absolute Gasteiger partial charge is 0.293 e. The summed E-state index contributed by atoms with van der Waals surface area (Å²) in [6.45, 7) is 0. The fourth-order valence-corrected chi connectivity index (χ4v) is 3.63. The highest BCUT2D eigenvalue weighted by atomic mass is 19.4. The van der Waals surface area contributed by atoms with Crippen molar-refractivity contribution >= 4 is 22.7 Å². The third-order valence-corrected chi connectivity index (χ3v) is 5.36. The molecule has 0 N–H and O–H groups in total. The molecule has 0 spiro atoms. The Balaban J connectivity index is 2.31. The van der Waals surface area contributed by atoms with Gasteiger partial charge in [0.05, 0.1) is 15.4 Å². The lowest BCUT2D eigenvalue weighted by atomic mass is 9.82. The van der Waals surface area contributed by atoms with Crippen LogP contribution in [-0.4, -0.2) is 33.8 Å². The molecule has 0 saturated heterocycles. The lowest BCUT2D eigenvalue weighted by molar-refractivity contribution is -0.420. The minimum Gasteiger partial charge on any atom is -0.293 e. The molecule has 0 aromatic heterocycles. The predicted octanol–water partition coefficient (Wildman–Crippen LogP) is 5.32. The number of hydrogen-bond acceptors (Lipinski definition) is 6. The average molecular weight is 556 g/mol. The highest BCUT2D eigenvalue weighted by Crippen LogP contribution is 2.42. The first kappa shape index (κ1) is 28.3. The summed E-state index contributed by atoms with van der Waals surface area (Å²) in [4.78, 5) is 44.6. The lowest BCUT2D eigenvalue weighted by Crippen LogP contribution is -2.33. The zero-order valence-corrected chi connectivity index (χ0v) is 17.9. The Morgan fingerprint density at radius 1 is 0.632 bits per heavy atom. The molecular weight excluding hydrogens is 547 g/mol. The molecule has 0 saturated carbocycles. The summed E-state index contributed by atoms with van der Waals surface area (Å²) in [5, 5.41) is 22.3. The van der Waals surface area contributed by atoms with Gasteiger partial charge in [-0.3, -0.25) is 29.8 Å². The third kappa shape index (κ3) is 5.50. The molecular formula is C21H9F9N2O6. The van der Waals surface area contributed by atoms with Gasteiger partial charge in [0.15, 0.2) is 11.6 Å². The van der Waals surface area contributed by atoms with Crippen LogP contribution < -0.4 is 0 Å². The van der Waals surface area contributed by atoms with E-state index in [1.165, 1.54) is 0 Å². The van der Waals surface area contributed by atoms with E-state index < -0.39 is 91.0 Å². The van der Waals surface area contributed by atoms with Crippen molar-refractivity contribution in [2.24, 2.45) is 11.8 Å². The van der Waals surface area contributed by atoms with Crippen LogP contribution in [0.25, 0.3) is 11.1 Å². The van der Waals surface area contributed by atoms with Gasteiger partial charge in [-0.25, -0.2) is 0 Å². The number of benzene rings is 1. The van der Waals surface area contributed by atoms with E-state index in [0.29, 0.717) is 6.07 Å². The minimum absolute atomic E-state index is 0.0738. The molecule has 0 aliphatic heterocycles. The van der Waals surface area contributed by atoms with E-state index in [-0.39, 0.29) is 36.4 Å². The number of allylic oxidation sites excluding steroid dienone is 6. The maximum atomic E-state index is 13.6. The molecule has 17 heteroatoms. The Kier molecular flexibility index (Phi) is 6.85. The Morgan fingerprint density at radius 3 is 1.24 bits per heavy atom. The van der Waals surface area contributed by atoms with E-state index in [1.54, 1.807) is 0 Å². The monoisotopic (exact) mass is 556 g/mol. The zero-order chi connectivity index (χ0) is 29.0. The summed E-state index contributed by atoms with van der Waals surface area (Å²) in [5.41, 5.74) is -9.03. The molecule has 8 nitrogen and oxygen atoms in total. The molecule has 3 rings (SSSR count). The average Bonchev–Trinajstić information content (AvgIpc) is 2.76. The molecule has 0 radical (unpaired) electrons. The minimum atomic E-state index is -5.41. The number of alkyl halides is 9. The maximum Gasteiger partial charge on any atom is 0.416 e. The highest BCUT2D eigenvalue weighted by Gasteiger charge is 2.49. The van der Waals surface area contributed by atoms with Crippen molar-refractivity contribution in [3.63, 3.8) is 0 Å². The number of carbonyl (C=O) groups excluding carboxylic acids is 2. The van der Waals surface area contributed by atoms with Crippen LogP contribution in [0.15, 0.2) is 53.9 Å². The van der Waals surface area contributed by atoms with Gasteiger partial charge in [-0.05, 0) is 29.3 Å². The van der Waals surface area contributed by atoms with Crippen molar-refractivity contribution in [3.8, 4) is 0 Å². The van der Waals surface area contributed by atoms with E-state index >= 15 is 0 Å². The molecule has 2 unspecified atom stereocenters. The number of carbonyl (C=O) groups is 2. The number of nitrogens with zero attached hydrogens (tertiary/aromatic N) is 2. The molecule has 0 fully saturated rings. The van der Waals surface area contributed by atoms with Gasteiger partial charge in [-0.15, -0.1) is 0 Å². The highest BCUT2D eigenvalue weighted by molar-refractivity contribution is 6.26. The molecule has 2 aliphatic carbocycles. The second-order valence-electron chi connectivity index (χ2n) is 7.88. The van der Waals surface area contributed by atoms with E-state index in [0.717, 1.165) is 0 Å². The Morgan fingerprint density at radius 2 is 0.974 bits per heavy atom. The number of hydrogen-bond donors (Lipinski definition) is 0. The van der Waals surface area contributed by atoms with E-state index in [2.05, 4.69) is 0 Å². The zero-order valence-electron chi connectivity index (χ0n) is 17.9. The summed E-state index contributed by atoms with van der Waals surface area (Å²) >= 11 is 0. The summed E-state index contributed by atoms with van der Waals surface area (Å²) in [5.74, 6) is -10.1. The second kappa shape index (κ2) is 9.21. The first-order valence-electron chi connectivity index (χ1n) is 9.82. The van der Waals surface area contributed by atoms with Crippen LogP contribution in [0.2, 0.25) is 0 Å². The number of nitro groups is 2. The van der Waals surface area contributed by atoms with Gasteiger partial charge in [-0.2, -0.15) is 39.5 Å².